The average molecular weight is 241 g/mol. The van der Waals surface area contributed by atoms with Crippen LogP contribution < -0.4 is 0 Å². The first-order valence-corrected chi connectivity index (χ1v) is 6.74. The average Bonchev–Trinajstić information content (AvgIpc) is 2.89. The van der Waals surface area contributed by atoms with Crippen LogP contribution in [0.3, 0.4) is 0 Å². The fraction of sp³-hybridized carbons (Fsp3) is 0.438. The summed E-state index contributed by atoms with van der Waals surface area (Å²) in [4.78, 5) is 4.54. The molecule has 94 valence electrons. The van der Waals surface area contributed by atoms with E-state index in [0.29, 0.717) is 0 Å². The maximum atomic E-state index is 5.42. The van der Waals surface area contributed by atoms with Gasteiger partial charge >= 0.3 is 0 Å². The molecule has 1 aromatic carbocycles. The molecule has 0 bridgehead atoms. The van der Waals surface area contributed by atoms with E-state index in [-0.39, 0.29) is 0 Å². The van der Waals surface area contributed by atoms with Gasteiger partial charge in [-0.05, 0) is 55.9 Å². The predicted octanol–water partition coefficient (Wildman–Crippen LogP) is 3.51. The molecule has 2 nitrogen and oxygen atoms in total. The van der Waals surface area contributed by atoms with Crippen molar-refractivity contribution in [1.29, 1.82) is 0 Å². The van der Waals surface area contributed by atoms with Gasteiger partial charge < -0.3 is 4.74 Å². The molecule has 1 aromatic heterocycles. The van der Waals surface area contributed by atoms with Crippen LogP contribution in [0.2, 0.25) is 0 Å². The molecule has 0 amide bonds. The van der Waals surface area contributed by atoms with Crippen molar-refractivity contribution in [2.24, 2.45) is 5.92 Å². The van der Waals surface area contributed by atoms with Crippen LogP contribution in [0.5, 0.6) is 0 Å². The number of benzene rings is 1. The lowest BCUT2D eigenvalue weighted by molar-refractivity contribution is 0.184. The van der Waals surface area contributed by atoms with Gasteiger partial charge in [-0.2, -0.15) is 0 Å². The quantitative estimate of drug-likeness (QED) is 0.820. The molecule has 3 rings (SSSR count). The number of aromatic nitrogens is 1. The van der Waals surface area contributed by atoms with Crippen LogP contribution in [0.15, 0.2) is 30.5 Å². The zero-order valence-corrected chi connectivity index (χ0v) is 10.9. The monoisotopic (exact) mass is 241 g/mol. The number of aryl methyl sites for hydroxylation is 2. The number of rotatable bonds is 3. The minimum Gasteiger partial charge on any atom is -0.381 e. The van der Waals surface area contributed by atoms with Crippen LogP contribution in [-0.2, 0) is 11.2 Å². The third kappa shape index (κ3) is 2.54. The zero-order chi connectivity index (χ0) is 12.4. The van der Waals surface area contributed by atoms with Crippen LogP contribution in [0, 0.1) is 12.8 Å². The van der Waals surface area contributed by atoms with Gasteiger partial charge in [0.25, 0.3) is 0 Å². The summed E-state index contributed by atoms with van der Waals surface area (Å²) in [5, 5.41) is 1.26. The van der Waals surface area contributed by atoms with Crippen molar-refractivity contribution in [3.05, 3.63) is 41.6 Å². The van der Waals surface area contributed by atoms with Gasteiger partial charge in [0.05, 0.1) is 5.52 Å². The molecule has 2 aromatic rings. The second-order valence-corrected chi connectivity index (χ2v) is 5.31. The van der Waals surface area contributed by atoms with Crippen molar-refractivity contribution in [2.45, 2.75) is 26.2 Å². The van der Waals surface area contributed by atoms with E-state index in [1.165, 1.54) is 29.4 Å². The van der Waals surface area contributed by atoms with Crippen LogP contribution >= 0.6 is 0 Å². The second-order valence-electron chi connectivity index (χ2n) is 5.31. The summed E-state index contributed by atoms with van der Waals surface area (Å²) in [6, 6.07) is 8.71. The molecular formula is C16H19NO. The summed E-state index contributed by atoms with van der Waals surface area (Å²) in [5.74, 6) is 0.748. The Labute approximate surface area is 108 Å². The normalized spacial score (nSPS) is 19.5. The number of ether oxygens (including phenoxy) is 1. The maximum absolute atomic E-state index is 5.42. The number of hydrogen-bond acceptors (Lipinski definition) is 2. The summed E-state index contributed by atoms with van der Waals surface area (Å²) >= 11 is 0. The summed E-state index contributed by atoms with van der Waals surface area (Å²) in [7, 11) is 0. The topological polar surface area (TPSA) is 22.1 Å². The van der Waals surface area contributed by atoms with E-state index in [1.54, 1.807) is 0 Å². The molecule has 18 heavy (non-hydrogen) atoms. The SMILES string of the molecule is Cc1ccc2ncc(CCC3CCOC3)cc2c1. The van der Waals surface area contributed by atoms with Gasteiger partial charge in [-0.15, -0.1) is 0 Å². The van der Waals surface area contributed by atoms with Gasteiger partial charge in [0.15, 0.2) is 0 Å². The van der Waals surface area contributed by atoms with E-state index in [9.17, 15) is 0 Å². The van der Waals surface area contributed by atoms with Crippen LogP contribution in [0.4, 0.5) is 0 Å². The van der Waals surface area contributed by atoms with Crippen LogP contribution in [0.1, 0.15) is 24.0 Å². The minimum absolute atomic E-state index is 0.748. The molecule has 1 fully saturated rings. The highest BCUT2D eigenvalue weighted by atomic mass is 16.5. The van der Waals surface area contributed by atoms with Gasteiger partial charge in [-0.1, -0.05) is 11.6 Å². The number of fused-ring (bicyclic) bond motifs is 1. The van der Waals surface area contributed by atoms with Crippen molar-refractivity contribution in [1.82, 2.24) is 4.98 Å². The summed E-state index contributed by atoms with van der Waals surface area (Å²) in [6.07, 6.45) is 5.58. The van der Waals surface area contributed by atoms with Crippen LogP contribution in [0.25, 0.3) is 10.9 Å². The van der Waals surface area contributed by atoms with E-state index < -0.39 is 0 Å². The Balaban J connectivity index is 1.75. The lowest BCUT2D eigenvalue weighted by Crippen LogP contribution is -2.01. The Hall–Kier alpha value is -1.41. The van der Waals surface area contributed by atoms with Crippen molar-refractivity contribution < 1.29 is 4.74 Å². The Kier molecular flexibility index (Phi) is 3.28. The summed E-state index contributed by atoms with van der Waals surface area (Å²) < 4.78 is 5.42. The van der Waals surface area contributed by atoms with Gasteiger partial charge in [0.1, 0.15) is 0 Å². The molecule has 1 saturated heterocycles. The minimum atomic E-state index is 0.748. The molecule has 0 radical (unpaired) electrons. The van der Waals surface area contributed by atoms with Gasteiger partial charge in [-0.3, -0.25) is 4.98 Å². The number of pyridine rings is 1. The molecule has 1 unspecified atom stereocenters. The zero-order valence-electron chi connectivity index (χ0n) is 10.9. The van der Waals surface area contributed by atoms with Crippen molar-refractivity contribution in [3.63, 3.8) is 0 Å². The molecule has 2 heteroatoms. The molecule has 2 heterocycles. The van der Waals surface area contributed by atoms with E-state index in [0.717, 1.165) is 31.1 Å². The highest BCUT2D eigenvalue weighted by Gasteiger charge is 2.15. The Bertz CT molecular complexity index is 544. The van der Waals surface area contributed by atoms with Gasteiger partial charge in [0, 0.05) is 24.8 Å². The Morgan fingerprint density at radius 1 is 1.33 bits per heavy atom. The van der Waals surface area contributed by atoms with Crippen molar-refractivity contribution >= 4 is 10.9 Å². The van der Waals surface area contributed by atoms with Crippen molar-refractivity contribution in [3.8, 4) is 0 Å². The van der Waals surface area contributed by atoms with Crippen molar-refractivity contribution in [2.75, 3.05) is 13.2 Å². The van der Waals surface area contributed by atoms with E-state index >= 15 is 0 Å². The Morgan fingerprint density at radius 2 is 2.28 bits per heavy atom. The van der Waals surface area contributed by atoms with E-state index in [1.807, 2.05) is 6.20 Å². The summed E-state index contributed by atoms with van der Waals surface area (Å²) in [5.41, 5.74) is 3.74. The highest BCUT2D eigenvalue weighted by molar-refractivity contribution is 5.79. The predicted molar refractivity (Wildman–Crippen MR) is 73.7 cm³/mol. The summed E-state index contributed by atoms with van der Waals surface area (Å²) in [6.45, 7) is 4.02. The third-order valence-corrected chi connectivity index (χ3v) is 3.76. The molecule has 1 aliphatic heterocycles. The van der Waals surface area contributed by atoms with Gasteiger partial charge in [0.2, 0.25) is 0 Å². The molecule has 1 aliphatic rings. The first-order valence-electron chi connectivity index (χ1n) is 6.74. The molecule has 1 atom stereocenters. The fourth-order valence-electron chi connectivity index (χ4n) is 2.62. The van der Waals surface area contributed by atoms with E-state index in [4.69, 9.17) is 4.74 Å². The molecule has 0 saturated carbocycles. The maximum Gasteiger partial charge on any atom is 0.0702 e. The van der Waals surface area contributed by atoms with E-state index in [2.05, 4.69) is 36.2 Å². The Morgan fingerprint density at radius 3 is 3.11 bits per heavy atom. The molecule has 0 N–H and O–H groups in total. The molecule has 0 spiro atoms. The van der Waals surface area contributed by atoms with Crippen LogP contribution in [-0.4, -0.2) is 18.2 Å². The lowest BCUT2D eigenvalue weighted by Gasteiger charge is -2.08. The largest absolute Gasteiger partial charge is 0.381 e. The third-order valence-electron chi connectivity index (χ3n) is 3.76. The molecular weight excluding hydrogens is 222 g/mol. The lowest BCUT2D eigenvalue weighted by atomic mass is 9.99. The standard InChI is InChI=1S/C16H19NO/c1-12-2-5-16-15(8-12)9-14(10-17-16)4-3-13-6-7-18-11-13/h2,5,8-10,13H,3-4,6-7,11H2,1H3. The number of hydrogen-bond donors (Lipinski definition) is 0. The first kappa shape index (κ1) is 11.7. The first-order chi connectivity index (χ1) is 8.81. The number of nitrogens with zero attached hydrogens (tertiary/aromatic N) is 1. The smallest absolute Gasteiger partial charge is 0.0702 e. The molecule has 0 aliphatic carbocycles. The van der Waals surface area contributed by atoms with Gasteiger partial charge in [-0.25, -0.2) is 0 Å². The fourth-order valence-corrected chi connectivity index (χ4v) is 2.62. The highest BCUT2D eigenvalue weighted by Crippen LogP contribution is 2.21. The second kappa shape index (κ2) is 5.07.